The quantitative estimate of drug-likeness (QED) is 0.113. The number of alkyl halides is 1. The molecule has 4 aromatic carbocycles. The van der Waals surface area contributed by atoms with Crippen molar-refractivity contribution < 1.29 is 20.6 Å². The molecule has 0 fully saturated rings. The van der Waals surface area contributed by atoms with Gasteiger partial charge in [-0.1, -0.05) is 77.7 Å². The number of hydrogen-bond donors (Lipinski definition) is 0. The molecule has 1 atom stereocenters. The molecule has 8 rings (SSSR count). The number of carbonyl (C=O) groups is 4. The van der Waals surface area contributed by atoms with E-state index in [1.165, 1.54) is 18.9 Å². The first kappa shape index (κ1) is 40.2. The lowest BCUT2D eigenvalue weighted by Crippen LogP contribution is -2.36. The topological polar surface area (TPSA) is 145 Å². The molecule has 0 N–H and O–H groups in total. The third kappa shape index (κ3) is 7.29. The molecular formula is C41H37BrCl2N6O6. The van der Waals surface area contributed by atoms with Crippen LogP contribution in [0.15, 0.2) is 94.5 Å². The Balaban J connectivity index is 0.000000210. The van der Waals surface area contributed by atoms with Gasteiger partial charge < -0.3 is 0 Å². The molecule has 0 bridgehead atoms. The molecule has 6 aromatic rings. The average Bonchev–Trinajstić information content (AvgIpc) is 3.57. The Morgan fingerprint density at radius 1 is 0.607 bits per heavy atom. The minimum atomic E-state index is -0.348. The molecule has 4 amide bonds. The molecule has 1 unspecified atom stereocenters. The molecule has 15 heteroatoms. The van der Waals surface area contributed by atoms with Crippen LogP contribution in [0.5, 0.6) is 0 Å². The first-order valence-electron chi connectivity index (χ1n) is 17.3. The van der Waals surface area contributed by atoms with Gasteiger partial charge in [-0.05, 0) is 67.6 Å². The summed E-state index contributed by atoms with van der Waals surface area (Å²) >= 11 is 15.5. The van der Waals surface area contributed by atoms with Crippen molar-refractivity contribution in [3.05, 3.63) is 150 Å². The molecule has 4 heterocycles. The predicted molar refractivity (Wildman–Crippen MR) is 221 cm³/mol. The Morgan fingerprint density at radius 3 is 1.41 bits per heavy atom. The van der Waals surface area contributed by atoms with Crippen LogP contribution in [0.25, 0.3) is 21.8 Å². The van der Waals surface area contributed by atoms with Gasteiger partial charge in [-0.25, -0.2) is 9.97 Å². The van der Waals surface area contributed by atoms with Crippen molar-refractivity contribution >= 4 is 84.6 Å². The fraction of sp³-hybridized carbons (Fsp3) is 0.220. The van der Waals surface area contributed by atoms with E-state index in [2.05, 4.69) is 25.9 Å². The second kappa shape index (κ2) is 16.3. The van der Waals surface area contributed by atoms with Crippen LogP contribution in [-0.2, 0) is 19.5 Å². The summed E-state index contributed by atoms with van der Waals surface area (Å²) in [5.74, 6) is -0.238. The van der Waals surface area contributed by atoms with Gasteiger partial charge in [0.2, 0.25) is 0 Å². The van der Waals surface area contributed by atoms with E-state index in [9.17, 15) is 28.8 Å². The van der Waals surface area contributed by atoms with E-state index < -0.39 is 0 Å². The second-order valence-electron chi connectivity index (χ2n) is 12.8. The van der Waals surface area contributed by atoms with Gasteiger partial charge in [0.25, 0.3) is 34.7 Å². The Hall–Kier alpha value is -5.50. The van der Waals surface area contributed by atoms with Gasteiger partial charge in [-0.15, -0.1) is 0 Å². The molecular weight excluding hydrogens is 823 g/mol. The summed E-state index contributed by atoms with van der Waals surface area (Å²) in [7, 11) is 0. The molecule has 2 aromatic heterocycles. The molecule has 2 aliphatic heterocycles. The number of aromatic nitrogens is 4. The largest absolute Gasteiger partial charge is 0.294 e. The minimum absolute atomic E-state index is 0. The number of imide groups is 2. The maximum Gasteiger partial charge on any atom is 0.261 e. The molecule has 56 heavy (non-hydrogen) atoms. The minimum Gasteiger partial charge on any atom is -0.294 e. The highest BCUT2D eigenvalue weighted by Crippen LogP contribution is 2.26. The predicted octanol–water partition coefficient (Wildman–Crippen LogP) is 7.59. The van der Waals surface area contributed by atoms with Crippen molar-refractivity contribution in [2.45, 2.75) is 45.6 Å². The Kier molecular flexibility index (Phi) is 11.7. The van der Waals surface area contributed by atoms with Crippen LogP contribution in [0, 0.1) is 0 Å². The molecule has 0 radical (unpaired) electrons. The smallest absolute Gasteiger partial charge is 0.261 e. The summed E-state index contributed by atoms with van der Waals surface area (Å²) in [6.45, 7) is 4.28. The lowest BCUT2D eigenvalue weighted by Gasteiger charge is -2.18. The van der Waals surface area contributed by atoms with Crippen molar-refractivity contribution in [2.75, 3.05) is 13.1 Å². The summed E-state index contributed by atoms with van der Waals surface area (Å²) in [6.07, 6.45) is 0.552. The molecule has 0 aliphatic carbocycles. The number of halogens is 3. The van der Waals surface area contributed by atoms with E-state index in [4.69, 9.17) is 23.2 Å². The Labute approximate surface area is 340 Å². The van der Waals surface area contributed by atoms with Crippen molar-refractivity contribution in [3.63, 3.8) is 0 Å². The van der Waals surface area contributed by atoms with Crippen LogP contribution < -0.4 is 11.1 Å². The van der Waals surface area contributed by atoms with Crippen molar-refractivity contribution in [1.82, 2.24) is 28.9 Å². The number of amides is 4. The Morgan fingerprint density at radius 2 is 1.00 bits per heavy atom. The third-order valence-electron chi connectivity index (χ3n) is 9.46. The van der Waals surface area contributed by atoms with Gasteiger partial charge in [-0.2, -0.15) is 0 Å². The molecule has 288 valence electrons. The maximum absolute atomic E-state index is 13.0. The first-order chi connectivity index (χ1) is 26.4. The zero-order valence-corrected chi connectivity index (χ0v) is 32.6. The lowest BCUT2D eigenvalue weighted by molar-refractivity contribution is 0.0632. The molecule has 0 saturated heterocycles. The van der Waals surface area contributed by atoms with Crippen LogP contribution in [0.2, 0.25) is 10.0 Å². The van der Waals surface area contributed by atoms with E-state index in [-0.39, 0.29) is 74.6 Å². The van der Waals surface area contributed by atoms with E-state index in [0.717, 1.165) is 0 Å². The van der Waals surface area contributed by atoms with Crippen LogP contribution >= 0.6 is 39.1 Å². The summed E-state index contributed by atoms with van der Waals surface area (Å²) < 4.78 is 3.00. The standard InChI is InChI=1S/C20H15BrClN3O3.C20H16ClN3O3.CH4.H2/c1-11(21)17-23-16-7-6-12(22)10-15(16)20(28)24(17)8-9-25-18(26)13-4-2-3-5-14(13)19(25)27;1-2-17-22-16-8-7-12(21)11-15(16)20(27)23(17)9-10-24-18(25)13-5-3-4-6-14(13)19(24)26;;/h2-7,10-11H,8-9H2,1H3;3-8,11H,2,9-10H2,1H3;1H4;1H/i;;;1+1. The SMILES string of the molecule is C.CC(Br)c1nc2ccc(Cl)cc2c(=O)n1CCN1C(=O)c2ccccc2C1=O.CCc1nc2ccc(Cl)cc2c(=O)n1CCN1C(=O)c2ccccc2C1=O.[2HH]. The number of rotatable bonds is 8. The van der Waals surface area contributed by atoms with Crippen LogP contribution in [0.1, 0.15) is 80.6 Å². The number of benzene rings is 4. The highest BCUT2D eigenvalue weighted by atomic mass is 79.9. The lowest BCUT2D eigenvalue weighted by atomic mass is 10.1. The van der Waals surface area contributed by atoms with Crippen LogP contribution in [-0.4, -0.2) is 65.6 Å². The number of fused-ring (bicyclic) bond motifs is 4. The number of carbonyl (C=O) groups excluding carboxylic acids is 4. The molecule has 12 nitrogen and oxygen atoms in total. The number of nitrogens with zero attached hydrogens (tertiary/aromatic N) is 6. The number of aryl methyl sites for hydroxylation is 1. The van der Waals surface area contributed by atoms with E-state index in [1.807, 2.05) is 13.8 Å². The molecule has 0 spiro atoms. The van der Waals surface area contributed by atoms with Gasteiger partial charge in [0, 0.05) is 44.1 Å². The normalized spacial score (nSPS) is 13.8. The van der Waals surface area contributed by atoms with Gasteiger partial charge in [-0.3, -0.25) is 47.7 Å². The monoisotopic (exact) mass is 859 g/mol. The average molecular weight is 862 g/mol. The fourth-order valence-electron chi connectivity index (χ4n) is 6.75. The fourth-order valence-corrected chi connectivity index (χ4v) is 7.45. The highest BCUT2D eigenvalue weighted by Gasteiger charge is 2.36. The zero-order chi connectivity index (χ0) is 39.1. The van der Waals surface area contributed by atoms with Gasteiger partial charge in [0.1, 0.15) is 11.6 Å². The summed E-state index contributed by atoms with van der Waals surface area (Å²) in [5, 5.41) is 1.71. The van der Waals surface area contributed by atoms with Crippen molar-refractivity contribution in [3.8, 4) is 0 Å². The zero-order valence-electron chi connectivity index (χ0n) is 29.5. The van der Waals surface area contributed by atoms with Crippen LogP contribution in [0.3, 0.4) is 0 Å². The highest BCUT2D eigenvalue weighted by molar-refractivity contribution is 9.09. The Bertz CT molecular complexity index is 2650. The van der Waals surface area contributed by atoms with E-state index in [1.54, 1.807) is 84.9 Å². The third-order valence-corrected chi connectivity index (χ3v) is 10.3. The summed E-state index contributed by atoms with van der Waals surface area (Å²) in [4.78, 5) is 87.4. The first-order valence-corrected chi connectivity index (χ1v) is 19.0. The van der Waals surface area contributed by atoms with Gasteiger partial charge >= 0.3 is 0 Å². The van der Waals surface area contributed by atoms with Gasteiger partial charge in [0.05, 0.1) is 48.9 Å². The number of hydrogen-bond acceptors (Lipinski definition) is 8. The van der Waals surface area contributed by atoms with Gasteiger partial charge in [0.15, 0.2) is 0 Å². The van der Waals surface area contributed by atoms with Crippen molar-refractivity contribution in [2.24, 2.45) is 0 Å². The van der Waals surface area contributed by atoms with Crippen LogP contribution in [0.4, 0.5) is 0 Å². The summed E-state index contributed by atoms with van der Waals surface area (Å²) in [5.41, 5.74) is 2.21. The summed E-state index contributed by atoms with van der Waals surface area (Å²) in [6, 6.07) is 23.4. The maximum atomic E-state index is 13.0. The van der Waals surface area contributed by atoms with E-state index >= 15 is 0 Å². The van der Waals surface area contributed by atoms with E-state index in [0.29, 0.717) is 72.2 Å². The molecule has 0 saturated carbocycles. The van der Waals surface area contributed by atoms with Crippen molar-refractivity contribution in [1.29, 1.82) is 0 Å². The molecule has 2 aliphatic rings. The second-order valence-corrected chi connectivity index (χ2v) is 15.1.